The highest BCUT2D eigenvalue weighted by atomic mass is 16.6. The van der Waals surface area contributed by atoms with Gasteiger partial charge in [-0.1, -0.05) is 42.5 Å². The van der Waals surface area contributed by atoms with Gasteiger partial charge in [0.05, 0.1) is 16.0 Å². The molecule has 0 atom stereocenters. The molecule has 0 saturated heterocycles. The lowest BCUT2D eigenvalue weighted by atomic mass is 10.1. The maximum atomic E-state index is 13.5. The highest BCUT2D eigenvalue weighted by molar-refractivity contribution is 5.81. The molecule has 0 fully saturated rings. The number of hydrogen-bond donors (Lipinski definition) is 1. The third kappa shape index (κ3) is 3.44. The van der Waals surface area contributed by atoms with Crippen LogP contribution in [0.3, 0.4) is 0 Å². The zero-order valence-electron chi connectivity index (χ0n) is 18.2. The SMILES string of the molecule is O=c1c(-c2nc3ccccc3n2Cc2ccccc2)nnc2c(-c3ccc([N+](=O)[O-])cc3)c[nH]n12. The van der Waals surface area contributed by atoms with Crippen LogP contribution in [0.4, 0.5) is 5.69 Å². The van der Waals surface area contributed by atoms with Gasteiger partial charge in [-0.15, -0.1) is 10.2 Å². The van der Waals surface area contributed by atoms with Gasteiger partial charge in [-0.2, -0.15) is 4.52 Å². The van der Waals surface area contributed by atoms with E-state index in [0.717, 1.165) is 16.6 Å². The summed E-state index contributed by atoms with van der Waals surface area (Å²) in [6, 6.07) is 23.6. The molecule has 3 heterocycles. The third-order valence-electron chi connectivity index (χ3n) is 5.88. The van der Waals surface area contributed by atoms with Gasteiger partial charge in [0.1, 0.15) is 0 Å². The first-order valence-corrected chi connectivity index (χ1v) is 10.8. The first-order chi connectivity index (χ1) is 17.1. The standard InChI is InChI=1S/C25H17N7O3/c33-25-22(24-27-20-8-4-5-9-21(20)30(24)15-16-6-2-1-3-7-16)28-29-23-19(14-26-31(23)25)17-10-12-18(13-11-17)32(34)35/h1-14,26H,15H2. The average molecular weight is 463 g/mol. The van der Waals surface area contributed by atoms with Gasteiger partial charge in [-0.25, -0.2) is 4.98 Å². The summed E-state index contributed by atoms with van der Waals surface area (Å²) < 4.78 is 3.27. The lowest BCUT2D eigenvalue weighted by Crippen LogP contribution is -2.21. The quantitative estimate of drug-likeness (QED) is 0.304. The number of aromatic nitrogens is 6. The number of benzene rings is 3. The first kappa shape index (κ1) is 20.5. The third-order valence-corrected chi connectivity index (χ3v) is 5.88. The molecule has 0 unspecified atom stereocenters. The number of non-ortho nitro benzene ring substituents is 1. The fraction of sp³-hybridized carbons (Fsp3) is 0.0400. The molecule has 6 rings (SSSR count). The van der Waals surface area contributed by atoms with Crippen molar-refractivity contribution in [2.24, 2.45) is 0 Å². The topological polar surface area (TPSA) is 124 Å². The van der Waals surface area contributed by atoms with Crippen molar-refractivity contribution in [3.8, 4) is 22.6 Å². The van der Waals surface area contributed by atoms with E-state index < -0.39 is 10.5 Å². The van der Waals surface area contributed by atoms with Crippen LogP contribution in [0.2, 0.25) is 0 Å². The smallest absolute Gasteiger partial charge is 0.302 e. The second-order valence-corrected chi connectivity index (χ2v) is 8.00. The van der Waals surface area contributed by atoms with Crippen molar-refractivity contribution in [2.45, 2.75) is 6.54 Å². The van der Waals surface area contributed by atoms with E-state index in [0.29, 0.717) is 29.1 Å². The Bertz CT molecular complexity index is 1770. The fourth-order valence-corrected chi connectivity index (χ4v) is 4.17. The van der Waals surface area contributed by atoms with Crippen LogP contribution in [0.5, 0.6) is 0 Å². The van der Waals surface area contributed by atoms with Crippen molar-refractivity contribution >= 4 is 22.4 Å². The number of nitrogens with zero attached hydrogens (tertiary/aromatic N) is 6. The van der Waals surface area contributed by atoms with E-state index in [1.807, 2.05) is 59.2 Å². The minimum Gasteiger partial charge on any atom is -0.318 e. The van der Waals surface area contributed by atoms with Gasteiger partial charge in [0.2, 0.25) is 0 Å². The Morgan fingerprint density at radius 2 is 1.66 bits per heavy atom. The Hall–Kier alpha value is -5.12. The summed E-state index contributed by atoms with van der Waals surface area (Å²) in [5.41, 5.74) is 4.00. The van der Waals surface area contributed by atoms with Crippen LogP contribution < -0.4 is 5.56 Å². The highest BCUT2D eigenvalue weighted by Gasteiger charge is 2.21. The molecular weight excluding hydrogens is 446 g/mol. The molecule has 0 aliphatic rings. The number of nitrogens with one attached hydrogen (secondary N) is 1. The molecule has 0 bridgehead atoms. The zero-order chi connectivity index (χ0) is 23.9. The molecule has 0 amide bonds. The van der Waals surface area contributed by atoms with Gasteiger partial charge in [0.25, 0.3) is 5.69 Å². The zero-order valence-corrected chi connectivity index (χ0v) is 18.2. The highest BCUT2D eigenvalue weighted by Crippen LogP contribution is 2.26. The molecule has 0 aliphatic carbocycles. The largest absolute Gasteiger partial charge is 0.318 e. The molecular formula is C25H17N7O3. The van der Waals surface area contributed by atoms with E-state index in [-0.39, 0.29) is 11.4 Å². The van der Waals surface area contributed by atoms with Crippen molar-refractivity contribution in [3.05, 3.63) is 111 Å². The van der Waals surface area contributed by atoms with E-state index in [4.69, 9.17) is 4.98 Å². The van der Waals surface area contributed by atoms with Gasteiger partial charge >= 0.3 is 5.56 Å². The summed E-state index contributed by atoms with van der Waals surface area (Å²) in [6.07, 6.45) is 1.63. The van der Waals surface area contributed by atoms with Crippen molar-refractivity contribution in [1.29, 1.82) is 0 Å². The van der Waals surface area contributed by atoms with Crippen molar-refractivity contribution in [2.75, 3.05) is 0 Å². The number of H-pyrrole nitrogens is 1. The summed E-state index contributed by atoms with van der Waals surface area (Å²) in [5.74, 6) is 0.424. The molecule has 0 saturated carbocycles. The summed E-state index contributed by atoms with van der Waals surface area (Å²) in [6.45, 7) is 0.513. The Morgan fingerprint density at radius 1 is 0.914 bits per heavy atom. The van der Waals surface area contributed by atoms with Crippen molar-refractivity contribution in [3.63, 3.8) is 0 Å². The summed E-state index contributed by atoms with van der Waals surface area (Å²) in [7, 11) is 0. The summed E-state index contributed by atoms with van der Waals surface area (Å²) in [4.78, 5) is 28.7. The van der Waals surface area contributed by atoms with Crippen LogP contribution >= 0.6 is 0 Å². The minimum atomic E-state index is -0.461. The molecule has 3 aromatic heterocycles. The lowest BCUT2D eigenvalue weighted by molar-refractivity contribution is -0.384. The second kappa shape index (κ2) is 8.03. The van der Waals surface area contributed by atoms with Crippen LogP contribution in [0, 0.1) is 10.1 Å². The maximum absolute atomic E-state index is 13.5. The average Bonchev–Trinajstić information content (AvgIpc) is 3.48. The fourth-order valence-electron chi connectivity index (χ4n) is 4.17. The molecule has 0 aliphatic heterocycles. The van der Waals surface area contributed by atoms with Gasteiger partial charge in [-0.05, 0) is 35.4 Å². The number of imidazole rings is 1. The Kier molecular flexibility index (Phi) is 4.70. The van der Waals surface area contributed by atoms with Gasteiger partial charge in [0.15, 0.2) is 17.2 Å². The Morgan fingerprint density at radius 3 is 2.43 bits per heavy atom. The molecule has 10 nitrogen and oxygen atoms in total. The van der Waals surface area contributed by atoms with E-state index >= 15 is 0 Å². The monoisotopic (exact) mass is 463 g/mol. The van der Waals surface area contributed by atoms with Gasteiger partial charge < -0.3 is 4.57 Å². The van der Waals surface area contributed by atoms with Crippen LogP contribution in [-0.4, -0.2) is 34.3 Å². The van der Waals surface area contributed by atoms with E-state index in [1.165, 1.54) is 16.6 Å². The molecule has 6 aromatic rings. The molecule has 0 radical (unpaired) electrons. The maximum Gasteiger partial charge on any atom is 0.302 e. The van der Waals surface area contributed by atoms with Crippen molar-refractivity contribution in [1.82, 2.24) is 29.4 Å². The normalized spacial score (nSPS) is 11.3. The van der Waals surface area contributed by atoms with E-state index in [9.17, 15) is 14.9 Å². The number of fused-ring (bicyclic) bond motifs is 2. The molecule has 170 valence electrons. The lowest BCUT2D eigenvalue weighted by Gasteiger charge is -2.09. The van der Waals surface area contributed by atoms with Crippen LogP contribution in [0.1, 0.15) is 5.56 Å². The summed E-state index contributed by atoms with van der Waals surface area (Å²) in [5, 5.41) is 22.5. The van der Waals surface area contributed by atoms with E-state index in [2.05, 4.69) is 15.3 Å². The molecule has 35 heavy (non-hydrogen) atoms. The van der Waals surface area contributed by atoms with Crippen molar-refractivity contribution < 1.29 is 4.92 Å². The molecule has 1 N–H and O–H groups in total. The predicted octanol–water partition coefficient (Wildman–Crippen LogP) is 4.06. The Labute approximate surface area is 197 Å². The first-order valence-electron chi connectivity index (χ1n) is 10.8. The van der Waals surface area contributed by atoms with Crippen LogP contribution in [0.25, 0.3) is 39.3 Å². The van der Waals surface area contributed by atoms with Gasteiger partial charge in [-0.3, -0.25) is 20.0 Å². The number of aromatic amines is 1. The number of para-hydroxylation sites is 2. The van der Waals surface area contributed by atoms with E-state index in [1.54, 1.807) is 18.3 Å². The predicted molar refractivity (Wildman–Crippen MR) is 130 cm³/mol. The molecule has 10 heteroatoms. The molecule has 3 aromatic carbocycles. The van der Waals surface area contributed by atoms with Crippen LogP contribution in [0.15, 0.2) is 89.9 Å². The number of hydrogen-bond acceptors (Lipinski definition) is 6. The number of rotatable bonds is 5. The second-order valence-electron chi connectivity index (χ2n) is 8.00. The number of nitro benzene ring substituents is 1. The Balaban J connectivity index is 1.49. The minimum absolute atomic E-state index is 0.0172. The van der Waals surface area contributed by atoms with Gasteiger partial charge in [0, 0.05) is 30.4 Å². The number of nitro groups is 1. The van der Waals surface area contributed by atoms with Crippen LogP contribution in [-0.2, 0) is 6.54 Å². The summed E-state index contributed by atoms with van der Waals surface area (Å²) >= 11 is 0. The molecule has 0 spiro atoms.